The molecule has 23 heavy (non-hydrogen) atoms. The van der Waals surface area contributed by atoms with Crippen molar-refractivity contribution in [1.82, 2.24) is 0 Å². The lowest BCUT2D eigenvalue weighted by molar-refractivity contribution is -0.126. The van der Waals surface area contributed by atoms with Gasteiger partial charge in [0.1, 0.15) is 12.1 Å². The van der Waals surface area contributed by atoms with Gasteiger partial charge in [0.25, 0.3) is 0 Å². The molecule has 0 aliphatic carbocycles. The minimum Gasteiger partial charge on any atom is -0.393 e. The van der Waals surface area contributed by atoms with Gasteiger partial charge >= 0.3 is 0 Å². The summed E-state index contributed by atoms with van der Waals surface area (Å²) in [5.41, 5.74) is 0. The lowest BCUT2D eigenvalue weighted by Crippen LogP contribution is -2.11. The maximum atomic E-state index is 11.1. The monoisotopic (exact) mass is 324 g/mol. The molecule has 0 aliphatic rings. The van der Waals surface area contributed by atoms with Crippen LogP contribution in [0.15, 0.2) is 12.2 Å². The van der Waals surface area contributed by atoms with E-state index >= 15 is 0 Å². The molecule has 134 valence electrons. The smallest absolute Gasteiger partial charge is 0.139 e. The van der Waals surface area contributed by atoms with E-state index in [1.165, 1.54) is 26.2 Å². The molecule has 0 aromatic rings. The van der Waals surface area contributed by atoms with Crippen LogP contribution in [0.2, 0.25) is 0 Å². The Morgan fingerprint density at radius 1 is 0.957 bits per heavy atom. The second-order valence-electron chi connectivity index (χ2n) is 6.56. The molecule has 1 N–H and O–H groups in total. The summed E-state index contributed by atoms with van der Waals surface area (Å²) in [6.07, 6.45) is 17.4. The third kappa shape index (κ3) is 14.4. The lowest BCUT2D eigenvalue weighted by Gasteiger charge is -2.07. The van der Waals surface area contributed by atoms with Gasteiger partial charge in [-0.1, -0.05) is 64.0 Å². The quantitative estimate of drug-likeness (QED) is 0.188. The lowest BCUT2D eigenvalue weighted by atomic mass is 9.98. The molecule has 0 aromatic heterocycles. The number of Topliss-reactive ketones (excluding diaryl/α,β-unsaturated/α-hetero) is 1. The molecule has 0 saturated heterocycles. The van der Waals surface area contributed by atoms with Crippen molar-refractivity contribution in [2.24, 2.45) is 5.92 Å². The normalized spacial score (nSPS) is 14.0. The Hall–Kier alpha value is -0.960. The van der Waals surface area contributed by atoms with Crippen molar-refractivity contribution in [2.75, 3.05) is 0 Å². The highest BCUT2D eigenvalue weighted by Crippen LogP contribution is 2.12. The zero-order valence-corrected chi connectivity index (χ0v) is 15.1. The maximum absolute atomic E-state index is 11.1. The Labute approximate surface area is 142 Å². The summed E-state index contributed by atoms with van der Waals surface area (Å²) >= 11 is 0. The second kappa shape index (κ2) is 15.9. The summed E-state index contributed by atoms with van der Waals surface area (Å²) in [6, 6.07) is 0. The van der Waals surface area contributed by atoms with E-state index in [4.69, 9.17) is 0 Å². The van der Waals surface area contributed by atoms with Crippen molar-refractivity contribution in [3.05, 3.63) is 12.2 Å². The van der Waals surface area contributed by atoms with E-state index in [0.29, 0.717) is 6.42 Å². The first kappa shape index (κ1) is 22.0. The number of hydrogen-bond donors (Lipinski definition) is 1. The molecule has 0 radical (unpaired) electrons. The summed E-state index contributed by atoms with van der Waals surface area (Å²) < 4.78 is 0. The van der Waals surface area contributed by atoms with Gasteiger partial charge in [-0.05, 0) is 39.0 Å². The number of allylic oxidation sites excluding steroid dienone is 1. The first-order valence-corrected chi connectivity index (χ1v) is 9.40. The molecule has 0 saturated carbocycles. The van der Waals surface area contributed by atoms with Crippen LogP contribution in [0.25, 0.3) is 0 Å². The van der Waals surface area contributed by atoms with Crippen molar-refractivity contribution in [3.8, 4) is 0 Å². The zero-order valence-electron chi connectivity index (χ0n) is 15.1. The summed E-state index contributed by atoms with van der Waals surface area (Å²) in [5.74, 6) is -0.412. The Bertz CT molecular complexity index is 323. The highest BCUT2D eigenvalue weighted by molar-refractivity contribution is 5.91. The summed E-state index contributed by atoms with van der Waals surface area (Å²) in [7, 11) is 0. The number of aliphatic hydroxyl groups excluding tert-OH is 1. The van der Waals surface area contributed by atoms with Crippen LogP contribution in [-0.2, 0) is 9.59 Å². The molecule has 0 aromatic carbocycles. The molecule has 3 nitrogen and oxygen atoms in total. The van der Waals surface area contributed by atoms with Crippen molar-refractivity contribution in [2.45, 2.75) is 97.0 Å². The first-order chi connectivity index (χ1) is 11.1. The number of aldehydes is 1. The van der Waals surface area contributed by atoms with Crippen LogP contribution in [-0.4, -0.2) is 23.3 Å². The molecule has 0 amide bonds. The fourth-order valence-electron chi connectivity index (χ4n) is 2.64. The van der Waals surface area contributed by atoms with Crippen molar-refractivity contribution >= 4 is 12.1 Å². The van der Waals surface area contributed by atoms with Gasteiger partial charge in [0.05, 0.1) is 12.0 Å². The van der Waals surface area contributed by atoms with Crippen LogP contribution in [0.1, 0.15) is 90.9 Å². The van der Waals surface area contributed by atoms with Crippen molar-refractivity contribution < 1.29 is 14.7 Å². The number of aliphatic hydroxyl groups is 1. The van der Waals surface area contributed by atoms with E-state index < -0.39 is 5.92 Å². The summed E-state index contributed by atoms with van der Waals surface area (Å²) in [5, 5.41) is 9.83. The van der Waals surface area contributed by atoms with Gasteiger partial charge in [0.15, 0.2) is 0 Å². The van der Waals surface area contributed by atoms with Crippen LogP contribution in [0.4, 0.5) is 0 Å². The van der Waals surface area contributed by atoms with Gasteiger partial charge in [-0.15, -0.1) is 0 Å². The highest BCUT2D eigenvalue weighted by Gasteiger charge is 2.11. The second-order valence-corrected chi connectivity index (χ2v) is 6.56. The first-order valence-electron chi connectivity index (χ1n) is 9.40. The third-order valence-electron chi connectivity index (χ3n) is 4.29. The average molecular weight is 325 g/mol. The van der Waals surface area contributed by atoms with E-state index in [2.05, 4.69) is 19.1 Å². The van der Waals surface area contributed by atoms with Gasteiger partial charge in [-0.2, -0.15) is 0 Å². The van der Waals surface area contributed by atoms with Gasteiger partial charge in [-0.25, -0.2) is 0 Å². The topological polar surface area (TPSA) is 54.4 Å². The van der Waals surface area contributed by atoms with Crippen molar-refractivity contribution in [1.29, 1.82) is 0 Å². The van der Waals surface area contributed by atoms with E-state index in [9.17, 15) is 14.7 Å². The molecule has 3 heteroatoms. The van der Waals surface area contributed by atoms with E-state index in [1.807, 2.05) is 0 Å². The van der Waals surface area contributed by atoms with Gasteiger partial charge < -0.3 is 9.90 Å². The Morgan fingerprint density at radius 2 is 1.61 bits per heavy atom. The molecular weight excluding hydrogens is 288 g/mol. The molecule has 0 spiro atoms. The highest BCUT2D eigenvalue weighted by atomic mass is 16.3. The number of unbranched alkanes of at least 4 members (excludes halogenated alkanes) is 7. The average Bonchev–Trinajstić information content (AvgIpc) is 2.53. The number of carbonyl (C=O) groups is 2. The van der Waals surface area contributed by atoms with Gasteiger partial charge in [0.2, 0.25) is 0 Å². The van der Waals surface area contributed by atoms with Crippen LogP contribution in [0, 0.1) is 5.92 Å². The number of rotatable bonds is 16. The number of hydrogen-bond acceptors (Lipinski definition) is 3. The predicted octanol–water partition coefficient (Wildman–Crippen LogP) is 5.01. The minimum atomic E-state index is -0.395. The Kier molecular flexibility index (Phi) is 15.3. The van der Waals surface area contributed by atoms with Crippen LogP contribution >= 0.6 is 0 Å². The molecular formula is C20H36O3. The minimum absolute atomic E-state index is 0.0174. The third-order valence-corrected chi connectivity index (χ3v) is 4.29. The van der Waals surface area contributed by atoms with Crippen LogP contribution < -0.4 is 0 Å². The molecule has 0 fully saturated rings. The molecule has 0 aliphatic heterocycles. The molecule has 1 unspecified atom stereocenters. The summed E-state index contributed by atoms with van der Waals surface area (Å²) in [6.45, 7) is 3.69. The molecule has 2 atom stereocenters. The molecule has 0 rings (SSSR count). The molecule has 0 bridgehead atoms. The van der Waals surface area contributed by atoms with Gasteiger partial charge in [-0.3, -0.25) is 4.79 Å². The standard InChI is InChI=1S/C20H36O3/c1-3-4-5-12-15-20(23)16-13-10-8-6-7-9-11-14-19(17-21)18(2)22/h10,13,17,19-20,23H,3-9,11-12,14-16H2,1-2H3/b13-10-/t19?,20-/m1/s1. The fraction of sp³-hybridized carbons (Fsp3) is 0.800. The maximum Gasteiger partial charge on any atom is 0.139 e. The molecule has 0 heterocycles. The van der Waals surface area contributed by atoms with Crippen LogP contribution in [0.3, 0.4) is 0 Å². The van der Waals surface area contributed by atoms with Crippen LogP contribution in [0.5, 0.6) is 0 Å². The van der Waals surface area contributed by atoms with E-state index in [-0.39, 0.29) is 11.9 Å². The van der Waals surface area contributed by atoms with E-state index in [1.54, 1.807) is 0 Å². The van der Waals surface area contributed by atoms with E-state index in [0.717, 1.165) is 57.7 Å². The predicted molar refractivity (Wildman–Crippen MR) is 96.5 cm³/mol. The van der Waals surface area contributed by atoms with Gasteiger partial charge in [0, 0.05) is 0 Å². The fourth-order valence-corrected chi connectivity index (χ4v) is 2.64. The SMILES string of the molecule is CCCCCC[C@@H](O)C/C=C\CCCCCCC(C=O)C(C)=O. The number of ketones is 1. The zero-order chi connectivity index (χ0) is 17.3. The Morgan fingerprint density at radius 3 is 2.26 bits per heavy atom. The summed E-state index contributed by atoms with van der Waals surface area (Å²) in [4.78, 5) is 21.8. The number of carbonyl (C=O) groups excluding carboxylic acids is 2. The largest absolute Gasteiger partial charge is 0.393 e. The van der Waals surface area contributed by atoms with Crippen molar-refractivity contribution in [3.63, 3.8) is 0 Å². The Balaban J connectivity index is 3.43.